The Hall–Kier alpha value is -0.910. The Kier molecular flexibility index (Phi) is 48.8. The van der Waals surface area contributed by atoms with Crippen LogP contribution in [0.4, 0.5) is 0 Å². The highest BCUT2D eigenvalue weighted by molar-refractivity contribution is 7.85. The van der Waals surface area contributed by atoms with Crippen molar-refractivity contribution in [3.05, 3.63) is 36.8 Å². The van der Waals surface area contributed by atoms with Gasteiger partial charge in [0.15, 0.2) is 0 Å². The van der Waals surface area contributed by atoms with Crippen molar-refractivity contribution < 1.29 is 17.5 Å². The predicted molar refractivity (Wildman–Crippen MR) is 278 cm³/mol. The molecule has 0 aliphatic carbocycles. The van der Waals surface area contributed by atoms with Crippen molar-refractivity contribution in [3.8, 4) is 0 Å². The molecule has 368 valence electrons. The first-order valence-electron chi connectivity index (χ1n) is 28.2. The minimum absolute atomic E-state index is 0.181. The molecule has 0 aromatic heterocycles. The Morgan fingerprint density at radius 1 is 0.306 bits per heavy atom. The maximum atomic E-state index is 11.8. The van der Waals surface area contributed by atoms with Crippen molar-refractivity contribution in [3.63, 3.8) is 0 Å². The normalized spacial score (nSPS) is 12.6. The SMILES string of the molecule is CCCCCCCCCCCCCCCC/C=C/[N+](/C=C/CCCCCCCCCCCCCCCC)(/C=C/CCCCCCCCCCCCCCCC)CCCS(=O)(=O)O. The molecule has 0 fully saturated rings. The van der Waals surface area contributed by atoms with Crippen LogP contribution in [-0.4, -0.2) is 29.8 Å². The molecule has 4 nitrogen and oxygen atoms in total. The first-order chi connectivity index (χ1) is 30.4. The van der Waals surface area contributed by atoms with Crippen LogP contribution < -0.4 is 0 Å². The Labute approximate surface area is 391 Å². The van der Waals surface area contributed by atoms with Crippen molar-refractivity contribution in [2.75, 3.05) is 12.3 Å². The highest BCUT2D eigenvalue weighted by Crippen LogP contribution is 2.20. The van der Waals surface area contributed by atoms with Gasteiger partial charge in [0.05, 0.1) is 12.3 Å². The van der Waals surface area contributed by atoms with Crippen LogP contribution in [-0.2, 0) is 10.1 Å². The van der Waals surface area contributed by atoms with E-state index in [0.29, 0.717) is 17.4 Å². The zero-order chi connectivity index (χ0) is 45.2. The van der Waals surface area contributed by atoms with E-state index in [4.69, 9.17) is 0 Å². The second-order valence-electron chi connectivity index (χ2n) is 19.7. The number of allylic oxidation sites excluding steroid dienone is 3. The van der Waals surface area contributed by atoms with Crippen molar-refractivity contribution in [2.45, 2.75) is 316 Å². The average Bonchev–Trinajstić information content (AvgIpc) is 3.25. The molecule has 0 aromatic carbocycles. The number of unbranched alkanes of at least 4 members (excludes halogenated alkanes) is 42. The molecule has 0 saturated carbocycles. The standard InChI is InChI=1S/C57H111NO3S/c1-4-7-10-13-16-19-22-25-28-31-34-37-40-43-46-49-53-58(56-52-57-62(59,60)61,54-50-47-44-41-38-35-32-29-26-23-20-17-14-11-8-5-2)55-51-48-45-42-39-36-33-30-27-24-21-18-15-12-9-6-3/h49-51,53-55H,4-48,52,56-57H2,1-3H3/p+1/b53-49+,54-50+,55-51+. The molecule has 0 radical (unpaired) electrons. The monoisotopic (exact) mass is 891 g/mol. The summed E-state index contributed by atoms with van der Waals surface area (Å²) in [6, 6.07) is 0. The van der Waals surface area contributed by atoms with Crippen molar-refractivity contribution in [1.82, 2.24) is 0 Å². The number of rotatable bonds is 52. The first kappa shape index (κ1) is 61.1. The van der Waals surface area contributed by atoms with Gasteiger partial charge in [0.1, 0.15) is 18.6 Å². The van der Waals surface area contributed by atoms with Crippen molar-refractivity contribution >= 4 is 10.1 Å². The highest BCUT2D eigenvalue weighted by Gasteiger charge is 2.20. The average molecular weight is 892 g/mol. The third-order valence-corrected chi connectivity index (χ3v) is 14.1. The molecule has 0 aliphatic heterocycles. The van der Waals surface area contributed by atoms with E-state index in [0.717, 1.165) is 19.3 Å². The molecule has 0 saturated heterocycles. The molecule has 0 aromatic rings. The van der Waals surface area contributed by atoms with Crippen molar-refractivity contribution in [1.29, 1.82) is 0 Å². The first-order valence-corrected chi connectivity index (χ1v) is 29.9. The van der Waals surface area contributed by atoms with Crippen LogP contribution in [0.3, 0.4) is 0 Å². The van der Waals surface area contributed by atoms with E-state index in [9.17, 15) is 13.0 Å². The van der Waals surface area contributed by atoms with Gasteiger partial charge in [-0.15, -0.1) is 0 Å². The maximum absolute atomic E-state index is 11.8. The van der Waals surface area contributed by atoms with Gasteiger partial charge in [-0.3, -0.25) is 4.55 Å². The summed E-state index contributed by atoms with van der Waals surface area (Å²) < 4.78 is 33.7. The minimum Gasteiger partial charge on any atom is -0.286 e. The number of nitrogens with zero attached hydrogens (tertiary/aromatic N) is 1. The zero-order valence-electron chi connectivity index (χ0n) is 42.5. The lowest BCUT2D eigenvalue weighted by atomic mass is 10.0. The summed E-state index contributed by atoms with van der Waals surface area (Å²) in [5.41, 5.74) is 0. The van der Waals surface area contributed by atoms with Crippen LogP contribution in [0.5, 0.6) is 0 Å². The van der Waals surface area contributed by atoms with Crippen LogP contribution >= 0.6 is 0 Å². The summed E-state index contributed by atoms with van der Waals surface area (Å²) in [6.45, 7) is 7.53. The minimum atomic E-state index is -3.98. The molecule has 0 heterocycles. The van der Waals surface area contributed by atoms with Gasteiger partial charge in [0.25, 0.3) is 10.1 Å². The molecule has 1 N–H and O–H groups in total. The quantitative estimate of drug-likeness (QED) is 0.0376. The van der Waals surface area contributed by atoms with Gasteiger partial charge in [0, 0.05) is 6.42 Å². The van der Waals surface area contributed by atoms with Gasteiger partial charge in [0.2, 0.25) is 0 Å². The Balaban J connectivity index is 4.91. The lowest BCUT2D eigenvalue weighted by molar-refractivity contribution is -0.773. The smallest absolute Gasteiger partial charge is 0.265 e. The number of hydrogen-bond donors (Lipinski definition) is 1. The predicted octanol–water partition coefficient (Wildman–Crippen LogP) is 20.2. The number of quaternary nitrogens is 1. The third kappa shape index (κ3) is 48.5. The van der Waals surface area contributed by atoms with Crippen LogP contribution in [0.1, 0.15) is 316 Å². The van der Waals surface area contributed by atoms with Gasteiger partial charge in [-0.1, -0.05) is 271 Å². The van der Waals surface area contributed by atoms with Crippen LogP contribution in [0, 0.1) is 0 Å². The molecule has 0 amide bonds. The van der Waals surface area contributed by atoms with E-state index in [-0.39, 0.29) is 5.75 Å². The van der Waals surface area contributed by atoms with Crippen LogP contribution in [0.15, 0.2) is 36.8 Å². The van der Waals surface area contributed by atoms with Gasteiger partial charge in [-0.25, -0.2) is 4.48 Å². The Morgan fingerprint density at radius 2 is 0.500 bits per heavy atom. The summed E-state index contributed by atoms with van der Waals surface area (Å²) in [7, 11) is -3.98. The van der Waals surface area contributed by atoms with Crippen LogP contribution in [0.2, 0.25) is 0 Å². The number of hydrogen-bond acceptors (Lipinski definition) is 2. The molecular formula is C57H112NO3S+. The van der Waals surface area contributed by atoms with Gasteiger partial charge in [-0.2, -0.15) is 8.42 Å². The fourth-order valence-electron chi connectivity index (χ4n) is 9.08. The van der Waals surface area contributed by atoms with Gasteiger partial charge in [-0.05, 0) is 56.8 Å². The van der Waals surface area contributed by atoms with Crippen LogP contribution in [0.25, 0.3) is 0 Å². The largest absolute Gasteiger partial charge is 0.286 e. The van der Waals surface area contributed by atoms with E-state index in [1.165, 1.54) is 270 Å². The van der Waals surface area contributed by atoms with Gasteiger partial charge < -0.3 is 0 Å². The Bertz CT molecular complexity index is 963. The maximum Gasteiger partial charge on any atom is 0.265 e. The molecular weight excluding hydrogens is 779 g/mol. The zero-order valence-corrected chi connectivity index (χ0v) is 43.3. The Morgan fingerprint density at radius 3 is 0.694 bits per heavy atom. The molecule has 0 bridgehead atoms. The molecule has 0 spiro atoms. The lowest BCUT2D eigenvalue weighted by Crippen LogP contribution is -2.33. The fraction of sp³-hybridized carbons (Fsp3) is 0.895. The summed E-state index contributed by atoms with van der Waals surface area (Å²) in [5.74, 6) is -0.181. The van der Waals surface area contributed by atoms with Gasteiger partial charge >= 0.3 is 0 Å². The second-order valence-corrected chi connectivity index (χ2v) is 21.2. The fourth-order valence-corrected chi connectivity index (χ4v) is 9.57. The van der Waals surface area contributed by atoms with E-state index in [1.54, 1.807) is 0 Å². The van der Waals surface area contributed by atoms with Crippen molar-refractivity contribution in [2.24, 2.45) is 0 Å². The molecule has 5 heteroatoms. The molecule has 0 atom stereocenters. The summed E-state index contributed by atoms with van der Waals surface area (Å²) >= 11 is 0. The van der Waals surface area contributed by atoms with E-state index in [2.05, 4.69) is 57.6 Å². The topological polar surface area (TPSA) is 54.4 Å². The highest BCUT2D eigenvalue weighted by atomic mass is 32.2. The molecule has 0 rings (SSSR count). The summed E-state index contributed by atoms with van der Waals surface area (Å²) in [6.07, 6.45) is 75.4. The molecule has 0 aliphatic rings. The molecule has 62 heavy (non-hydrogen) atoms. The van der Waals surface area contributed by atoms with E-state index < -0.39 is 10.1 Å². The second kappa shape index (κ2) is 49.5. The molecule has 0 unspecified atom stereocenters. The summed E-state index contributed by atoms with van der Waals surface area (Å²) in [4.78, 5) is 0. The summed E-state index contributed by atoms with van der Waals surface area (Å²) in [5, 5.41) is 0. The lowest BCUT2D eigenvalue weighted by Gasteiger charge is -2.27. The van der Waals surface area contributed by atoms with E-state index in [1.807, 2.05) is 0 Å². The third-order valence-electron chi connectivity index (χ3n) is 13.3. The van der Waals surface area contributed by atoms with E-state index >= 15 is 0 Å².